The lowest BCUT2D eigenvalue weighted by Gasteiger charge is -2.07. The highest BCUT2D eigenvalue weighted by Gasteiger charge is 2.08. The first kappa shape index (κ1) is 17.2. The summed E-state index contributed by atoms with van der Waals surface area (Å²) < 4.78 is 6.12. The number of hydrogen-bond donors (Lipinski definition) is 1. The Balaban J connectivity index is 1.66. The van der Waals surface area contributed by atoms with Gasteiger partial charge >= 0.3 is 0 Å². The number of carbonyl (C=O) groups excluding carboxylic acids is 1. The lowest BCUT2D eigenvalue weighted by Crippen LogP contribution is -2.19. The van der Waals surface area contributed by atoms with Crippen molar-refractivity contribution in [1.82, 2.24) is 5.43 Å². The van der Waals surface area contributed by atoms with Crippen molar-refractivity contribution in [3.63, 3.8) is 0 Å². The number of nitrogens with one attached hydrogen (secondary N) is 1. The minimum atomic E-state index is -0.155. The van der Waals surface area contributed by atoms with Gasteiger partial charge in [0.1, 0.15) is 5.75 Å². The largest absolute Gasteiger partial charge is 0.497 e. The van der Waals surface area contributed by atoms with Crippen LogP contribution in [0.1, 0.15) is 11.1 Å². The molecule has 0 unspecified atom stereocenters. The van der Waals surface area contributed by atoms with Crippen LogP contribution in [0.4, 0.5) is 0 Å². The summed E-state index contributed by atoms with van der Waals surface area (Å²) in [5.74, 6) is 0.625. The van der Waals surface area contributed by atoms with Crippen molar-refractivity contribution in [1.29, 1.82) is 0 Å². The van der Waals surface area contributed by atoms with Crippen LogP contribution in [0.3, 0.4) is 0 Å². The van der Waals surface area contributed by atoms with Crippen LogP contribution in [0.15, 0.2) is 70.2 Å². The zero-order chi connectivity index (χ0) is 17.6. The highest BCUT2D eigenvalue weighted by atomic mass is 79.9. The molecule has 3 aromatic carbocycles. The fourth-order valence-corrected chi connectivity index (χ4v) is 3.04. The predicted octanol–water partition coefficient (Wildman–Crippen LogP) is 4.30. The molecular weight excluding hydrogens is 380 g/mol. The Morgan fingerprint density at radius 3 is 2.52 bits per heavy atom. The van der Waals surface area contributed by atoms with Crippen molar-refractivity contribution < 1.29 is 9.53 Å². The number of hydrogen-bond acceptors (Lipinski definition) is 3. The minimum absolute atomic E-state index is 0.155. The highest BCUT2D eigenvalue weighted by molar-refractivity contribution is 9.10. The Morgan fingerprint density at radius 2 is 1.80 bits per heavy atom. The molecule has 0 aliphatic heterocycles. The number of rotatable bonds is 5. The molecule has 25 heavy (non-hydrogen) atoms. The molecule has 0 saturated carbocycles. The molecule has 0 aliphatic rings. The molecule has 4 nitrogen and oxygen atoms in total. The summed E-state index contributed by atoms with van der Waals surface area (Å²) in [6.07, 6.45) is 1.88. The van der Waals surface area contributed by atoms with Crippen molar-refractivity contribution in [2.45, 2.75) is 6.42 Å². The average Bonchev–Trinajstić information content (AvgIpc) is 2.65. The molecule has 0 aliphatic carbocycles. The summed E-state index contributed by atoms with van der Waals surface area (Å²) in [4.78, 5) is 12.2. The molecule has 0 saturated heterocycles. The number of nitrogens with zero attached hydrogens (tertiary/aromatic N) is 1. The van der Waals surface area contributed by atoms with E-state index < -0.39 is 0 Å². The quantitative estimate of drug-likeness (QED) is 0.516. The van der Waals surface area contributed by atoms with Crippen LogP contribution in [-0.4, -0.2) is 19.2 Å². The van der Waals surface area contributed by atoms with Gasteiger partial charge in [-0.2, -0.15) is 5.10 Å². The molecule has 3 aromatic rings. The Labute approximate surface area is 154 Å². The van der Waals surface area contributed by atoms with Gasteiger partial charge in [-0.25, -0.2) is 5.43 Å². The van der Waals surface area contributed by atoms with Crippen molar-refractivity contribution in [2.75, 3.05) is 7.11 Å². The standard InChI is InChI=1S/C20H17BrN2O2/c1-25-16-9-6-14(7-10-16)13-22-23-20(24)12-15-8-11-19(21)18-5-3-2-4-17(15)18/h2-11,13H,12H2,1H3,(H,23,24)/b22-13+. The van der Waals surface area contributed by atoms with Gasteiger partial charge in [0.25, 0.3) is 0 Å². The number of halogens is 1. The van der Waals surface area contributed by atoms with E-state index >= 15 is 0 Å². The third-order valence-corrected chi connectivity index (χ3v) is 4.52. The van der Waals surface area contributed by atoms with Crippen LogP contribution in [-0.2, 0) is 11.2 Å². The van der Waals surface area contributed by atoms with Crippen LogP contribution in [0.2, 0.25) is 0 Å². The fourth-order valence-electron chi connectivity index (χ4n) is 2.56. The van der Waals surface area contributed by atoms with Gasteiger partial charge in [0.05, 0.1) is 19.7 Å². The predicted molar refractivity (Wildman–Crippen MR) is 104 cm³/mol. The second-order valence-electron chi connectivity index (χ2n) is 5.50. The smallest absolute Gasteiger partial charge is 0.244 e. The second-order valence-corrected chi connectivity index (χ2v) is 6.35. The number of benzene rings is 3. The normalized spacial score (nSPS) is 11.0. The number of ether oxygens (including phenoxy) is 1. The molecule has 0 heterocycles. The molecule has 1 amide bonds. The lowest BCUT2D eigenvalue weighted by atomic mass is 10.0. The van der Waals surface area contributed by atoms with Gasteiger partial charge in [-0.1, -0.05) is 46.3 Å². The molecule has 0 radical (unpaired) electrons. The van der Waals surface area contributed by atoms with Crippen molar-refractivity contribution >= 4 is 38.8 Å². The summed E-state index contributed by atoms with van der Waals surface area (Å²) in [7, 11) is 1.62. The maximum atomic E-state index is 12.2. The van der Waals surface area contributed by atoms with E-state index in [-0.39, 0.29) is 12.3 Å². The Kier molecular flexibility index (Phi) is 5.46. The average molecular weight is 397 g/mol. The third-order valence-electron chi connectivity index (χ3n) is 3.83. The first-order valence-electron chi connectivity index (χ1n) is 7.79. The van der Waals surface area contributed by atoms with E-state index in [1.165, 1.54) is 0 Å². The van der Waals surface area contributed by atoms with Gasteiger partial charge in [0, 0.05) is 4.47 Å². The SMILES string of the molecule is COc1ccc(/C=N/NC(=O)Cc2ccc(Br)c3ccccc23)cc1. The highest BCUT2D eigenvalue weighted by Crippen LogP contribution is 2.27. The number of hydrazone groups is 1. The van der Waals surface area contributed by atoms with Gasteiger partial charge in [-0.05, 0) is 52.2 Å². The van der Waals surface area contributed by atoms with E-state index in [0.717, 1.165) is 32.1 Å². The van der Waals surface area contributed by atoms with Crippen molar-refractivity contribution in [3.8, 4) is 5.75 Å². The maximum absolute atomic E-state index is 12.2. The summed E-state index contributed by atoms with van der Waals surface area (Å²) >= 11 is 3.54. The molecule has 0 aromatic heterocycles. The Bertz CT molecular complexity index is 921. The van der Waals surface area contributed by atoms with E-state index in [1.807, 2.05) is 60.7 Å². The van der Waals surface area contributed by atoms with Crippen LogP contribution in [0, 0.1) is 0 Å². The molecule has 3 rings (SSSR count). The van der Waals surface area contributed by atoms with Gasteiger partial charge in [0.15, 0.2) is 0 Å². The monoisotopic (exact) mass is 396 g/mol. The number of methoxy groups -OCH3 is 1. The molecule has 0 atom stereocenters. The first-order chi connectivity index (χ1) is 12.2. The molecular formula is C20H17BrN2O2. The number of fused-ring (bicyclic) bond motifs is 1. The summed E-state index contributed by atoms with van der Waals surface area (Å²) in [6, 6.07) is 19.4. The zero-order valence-electron chi connectivity index (χ0n) is 13.7. The van der Waals surface area contributed by atoms with E-state index in [2.05, 4.69) is 26.5 Å². The van der Waals surface area contributed by atoms with Crippen molar-refractivity contribution in [3.05, 3.63) is 76.3 Å². The molecule has 0 spiro atoms. The van der Waals surface area contributed by atoms with Gasteiger partial charge in [-0.3, -0.25) is 4.79 Å². The fraction of sp³-hybridized carbons (Fsp3) is 0.100. The van der Waals surface area contributed by atoms with E-state index in [9.17, 15) is 4.79 Å². The van der Waals surface area contributed by atoms with Gasteiger partial charge < -0.3 is 4.74 Å². The van der Waals surface area contributed by atoms with Crippen LogP contribution >= 0.6 is 15.9 Å². The van der Waals surface area contributed by atoms with Crippen molar-refractivity contribution in [2.24, 2.45) is 5.10 Å². The summed E-state index contributed by atoms with van der Waals surface area (Å²) in [5, 5.41) is 6.17. The molecule has 1 N–H and O–H groups in total. The molecule has 126 valence electrons. The number of amides is 1. The molecule has 0 fully saturated rings. The van der Waals surface area contributed by atoms with E-state index in [4.69, 9.17) is 4.74 Å². The van der Waals surface area contributed by atoms with Crippen LogP contribution in [0.5, 0.6) is 5.75 Å². The van der Waals surface area contributed by atoms with E-state index in [0.29, 0.717) is 0 Å². The molecule has 5 heteroatoms. The van der Waals surface area contributed by atoms with Gasteiger partial charge in [0.2, 0.25) is 5.91 Å². The molecule has 0 bridgehead atoms. The van der Waals surface area contributed by atoms with E-state index in [1.54, 1.807) is 13.3 Å². The number of carbonyl (C=O) groups is 1. The minimum Gasteiger partial charge on any atom is -0.497 e. The first-order valence-corrected chi connectivity index (χ1v) is 8.59. The summed E-state index contributed by atoms with van der Waals surface area (Å²) in [6.45, 7) is 0. The Morgan fingerprint density at radius 1 is 1.08 bits per heavy atom. The lowest BCUT2D eigenvalue weighted by molar-refractivity contribution is -0.120. The van der Waals surface area contributed by atoms with Crippen LogP contribution < -0.4 is 10.2 Å². The topological polar surface area (TPSA) is 50.7 Å². The zero-order valence-corrected chi connectivity index (χ0v) is 15.3. The second kappa shape index (κ2) is 7.94. The van der Waals surface area contributed by atoms with Gasteiger partial charge in [-0.15, -0.1) is 0 Å². The van der Waals surface area contributed by atoms with Crippen LogP contribution in [0.25, 0.3) is 10.8 Å². The third kappa shape index (κ3) is 4.25. The maximum Gasteiger partial charge on any atom is 0.244 e. The summed E-state index contributed by atoms with van der Waals surface area (Å²) in [5.41, 5.74) is 4.43. The Hall–Kier alpha value is -2.66.